The molecule has 0 atom stereocenters. The molecule has 0 aliphatic rings. The van der Waals surface area contributed by atoms with Crippen molar-refractivity contribution in [3.8, 4) is 0 Å². The molecule has 16 heavy (non-hydrogen) atoms. The molecule has 1 aromatic carbocycles. The first kappa shape index (κ1) is 11.2. The van der Waals surface area contributed by atoms with Gasteiger partial charge in [0.15, 0.2) is 0 Å². The Kier molecular flexibility index (Phi) is 2.78. The fraction of sp³-hybridized carbons (Fsp3) is 0.364. The fourth-order valence-corrected chi connectivity index (χ4v) is 2.11. The fourth-order valence-electron chi connectivity index (χ4n) is 1.89. The number of halogens is 1. The molecule has 0 saturated heterocycles. The molecule has 0 aliphatic heterocycles. The van der Waals surface area contributed by atoms with Crippen LogP contribution in [0.4, 0.5) is 0 Å². The van der Waals surface area contributed by atoms with Gasteiger partial charge in [0.05, 0.1) is 11.0 Å². The molecule has 86 valence electrons. The summed E-state index contributed by atoms with van der Waals surface area (Å²) in [6, 6.07) is 3.79. The van der Waals surface area contributed by atoms with Crippen LogP contribution in [0.25, 0.3) is 11.0 Å². The minimum absolute atomic E-state index is 0.0346. The zero-order valence-corrected chi connectivity index (χ0v) is 10.3. The molecule has 0 fully saturated rings. The Morgan fingerprint density at radius 2 is 1.81 bits per heavy atom. The average Bonchev–Trinajstić information content (AvgIpc) is 2.46. The van der Waals surface area contributed by atoms with E-state index in [-0.39, 0.29) is 5.69 Å². The van der Waals surface area contributed by atoms with E-state index in [1.807, 2.05) is 19.2 Å². The van der Waals surface area contributed by atoms with Crippen LogP contribution in [0.5, 0.6) is 0 Å². The molecule has 1 heterocycles. The van der Waals surface area contributed by atoms with Gasteiger partial charge in [0.1, 0.15) is 0 Å². The molecule has 1 N–H and O–H groups in total. The summed E-state index contributed by atoms with van der Waals surface area (Å²) in [5.41, 5.74) is 2.73. The van der Waals surface area contributed by atoms with Gasteiger partial charge in [-0.1, -0.05) is 11.6 Å². The molecule has 2 aromatic rings. The van der Waals surface area contributed by atoms with E-state index in [4.69, 9.17) is 11.6 Å². The van der Waals surface area contributed by atoms with Gasteiger partial charge < -0.3 is 5.32 Å². The highest BCUT2D eigenvalue weighted by atomic mass is 35.5. The maximum atomic E-state index is 11.7. The molecule has 0 saturated carbocycles. The number of aromatic nitrogens is 2. The molecule has 5 heteroatoms. The zero-order valence-electron chi connectivity index (χ0n) is 9.54. The van der Waals surface area contributed by atoms with Gasteiger partial charge in [-0.15, -0.1) is 0 Å². The van der Waals surface area contributed by atoms with Gasteiger partial charge in [0.25, 0.3) is 0 Å². The molecule has 0 radical (unpaired) electrons. The highest BCUT2D eigenvalue weighted by Gasteiger charge is 2.10. The van der Waals surface area contributed by atoms with Crippen molar-refractivity contribution in [1.29, 1.82) is 0 Å². The van der Waals surface area contributed by atoms with Gasteiger partial charge >= 0.3 is 5.69 Å². The summed E-state index contributed by atoms with van der Waals surface area (Å²) in [5, 5.41) is 3.74. The maximum Gasteiger partial charge on any atom is 0.328 e. The van der Waals surface area contributed by atoms with Crippen LogP contribution in [0.3, 0.4) is 0 Å². The number of rotatable bonds is 2. The Bertz CT molecular complexity index is 597. The monoisotopic (exact) mass is 239 g/mol. The summed E-state index contributed by atoms with van der Waals surface area (Å²) < 4.78 is 3.23. The number of hydrogen-bond acceptors (Lipinski definition) is 2. The minimum Gasteiger partial charge on any atom is -0.316 e. The lowest BCUT2D eigenvalue weighted by Gasteiger charge is -2.04. The minimum atomic E-state index is -0.0346. The van der Waals surface area contributed by atoms with Crippen LogP contribution >= 0.6 is 11.6 Å². The highest BCUT2D eigenvalue weighted by molar-refractivity contribution is 6.32. The van der Waals surface area contributed by atoms with E-state index in [0.29, 0.717) is 11.6 Å². The number of benzene rings is 1. The van der Waals surface area contributed by atoms with Crippen LogP contribution in [-0.4, -0.2) is 16.2 Å². The Hall–Kier alpha value is -1.26. The molecular formula is C11H14ClN3O. The molecule has 0 amide bonds. The molecule has 0 bridgehead atoms. The van der Waals surface area contributed by atoms with Crippen LogP contribution in [0.1, 0.15) is 5.56 Å². The first-order chi connectivity index (χ1) is 7.56. The number of nitrogens with one attached hydrogen (secondary N) is 1. The Morgan fingerprint density at radius 1 is 1.25 bits per heavy atom. The van der Waals surface area contributed by atoms with Gasteiger partial charge in [0.2, 0.25) is 0 Å². The van der Waals surface area contributed by atoms with E-state index in [1.165, 1.54) is 0 Å². The summed E-state index contributed by atoms with van der Waals surface area (Å²) in [6.07, 6.45) is 0. The van der Waals surface area contributed by atoms with Crippen molar-refractivity contribution < 1.29 is 0 Å². The molecular weight excluding hydrogens is 226 g/mol. The van der Waals surface area contributed by atoms with Crippen molar-refractivity contribution >= 4 is 22.6 Å². The van der Waals surface area contributed by atoms with Crippen LogP contribution < -0.4 is 11.0 Å². The second-order valence-electron chi connectivity index (χ2n) is 3.86. The first-order valence-corrected chi connectivity index (χ1v) is 5.42. The van der Waals surface area contributed by atoms with E-state index in [9.17, 15) is 4.79 Å². The van der Waals surface area contributed by atoms with Gasteiger partial charge in [0, 0.05) is 25.7 Å². The van der Waals surface area contributed by atoms with E-state index >= 15 is 0 Å². The molecule has 0 aliphatic carbocycles. The van der Waals surface area contributed by atoms with Crippen molar-refractivity contribution in [3.63, 3.8) is 0 Å². The van der Waals surface area contributed by atoms with Gasteiger partial charge in [-0.2, -0.15) is 0 Å². The molecule has 4 nitrogen and oxygen atoms in total. The zero-order chi connectivity index (χ0) is 11.9. The summed E-state index contributed by atoms with van der Waals surface area (Å²) in [7, 11) is 5.38. The topological polar surface area (TPSA) is 39.0 Å². The Morgan fingerprint density at radius 3 is 2.38 bits per heavy atom. The van der Waals surface area contributed by atoms with Gasteiger partial charge in [-0.05, 0) is 24.7 Å². The quantitative estimate of drug-likeness (QED) is 0.857. The maximum absolute atomic E-state index is 11.7. The number of fused-ring (bicyclic) bond motifs is 1. The second kappa shape index (κ2) is 3.96. The first-order valence-electron chi connectivity index (χ1n) is 5.04. The third-order valence-electron chi connectivity index (χ3n) is 2.81. The largest absolute Gasteiger partial charge is 0.328 e. The van der Waals surface area contributed by atoms with E-state index in [0.717, 1.165) is 16.6 Å². The number of aryl methyl sites for hydroxylation is 2. The van der Waals surface area contributed by atoms with Gasteiger partial charge in [-0.3, -0.25) is 9.13 Å². The van der Waals surface area contributed by atoms with Crippen LogP contribution in [0.15, 0.2) is 16.9 Å². The SMILES string of the molecule is CNCc1cc2c(cc1Cl)n(C)c(=O)n2C. The molecule has 1 aromatic heterocycles. The predicted octanol–water partition coefficient (Wildman–Crippen LogP) is 1.25. The molecule has 0 unspecified atom stereocenters. The van der Waals surface area contributed by atoms with Crippen molar-refractivity contribution in [1.82, 2.24) is 14.5 Å². The second-order valence-corrected chi connectivity index (χ2v) is 4.27. The van der Waals surface area contributed by atoms with Crippen molar-refractivity contribution in [3.05, 3.63) is 33.2 Å². The van der Waals surface area contributed by atoms with Crippen LogP contribution in [0, 0.1) is 0 Å². The van der Waals surface area contributed by atoms with Crippen molar-refractivity contribution in [2.24, 2.45) is 14.1 Å². The highest BCUT2D eigenvalue weighted by Crippen LogP contribution is 2.22. The smallest absolute Gasteiger partial charge is 0.316 e. The summed E-state index contributed by atoms with van der Waals surface area (Å²) in [6.45, 7) is 0.692. The summed E-state index contributed by atoms with van der Waals surface area (Å²) >= 11 is 6.15. The Labute approximate surface area is 98.4 Å². The van der Waals surface area contributed by atoms with Crippen molar-refractivity contribution in [2.45, 2.75) is 6.54 Å². The van der Waals surface area contributed by atoms with E-state index < -0.39 is 0 Å². The molecule has 2 rings (SSSR count). The summed E-state index contributed by atoms with van der Waals surface area (Å²) in [4.78, 5) is 11.7. The average molecular weight is 240 g/mol. The standard InChI is InChI=1S/C11H14ClN3O/c1-13-6-7-4-9-10(5-8(7)12)15(3)11(16)14(9)2/h4-5,13H,6H2,1-3H3. The van der Waals surface area contributed by atoms with Gasteiger partial charge in [-0.25, -0.2) is 4.79 Å². The lowest BCUT2D eigenvalue weighted by Crippen LogP contribution is -2.19. The lowest BCUT2D eigenvalue weighted by molar-refractivity contribution is 0.794. The Balaban J connectivity index is 2.79. The lowest BCUT2D eigenvalue weighted by atomic mass is 10.2. The number of hydrogen-bond donors (Lipinski definition) is 1. The molecule has 0 spiro atoms. The van der Waals surface area contributed by atoms with Crippen molar-refractivity contribution in [2.75, 3.05) is 7.05 Å². The predicted molar refractivity (Wildman–Crippen MR) is 65.9 cm³/mol. The summed E-state index contributed by atoms with van der Waals surface area (Å²) in [5.74, 6) is 0. The normalized spacial score (nSPS) is 11.2. The third kappa shape index (κ3) is 1.54. The van der Waals surface area contributed by atoms with E-state index in [1.54, 1.807) is 23.2 Å². The third-order valence-corrected chi connectivity index (χ3v) is 3.16. The number of imidazole rings is 1. The number of nitrogens with zero attached hydrogens (tertiary/aromatic N) is 2. The van der Waals surface area contributed by atoms with Crippen LogP contribution in [0.2, 0.25) is 5.02 Å². The van der Waals surface area contributed by atoms with Crippen LogP contribution in [-0.2, 0) is 20.6 Å². The van der Waals surface area contributed by atoms with E-state index in [2.05, 4.69) is 5.32 Å².